The van der Waals surface area contributed by atoms with Gasteiger partial charge in [0.25, 0.3) is 0 Å². The number of carbonyl (C=O) groups excluding carboxylic acids is 1. The fraction of sp³-hybridized carbons (Fsp3) is 0.250. The lowest BCUT2D eigenvalue weighted by molar-refractivity contribution is -0.126. The highest BCUT2D eigenvalue weighted by atomic mass is 35.5. The molecule has 4 aromatic rings. The number of anilines is 1. The maximum atomic E-state index is 14.0. The van der Waals surface area contributed by atoms with Crippen molar-refractivity contribution >= 4 is 40.4 Å². The van der Waals surface area contributed by atoms with Gasteiger partial charge in [-0.3, -0.25) is 4.79 Å². The van der Waals surface area contributed by atoms with E-state index in [1.807, 2.05) is 62.4 Å². The maximum absolute atomic E-state index is 14.0. The predicted molar refractivity (Wildman–Crippen MR) is 163 cm³/mol. The number of piperazine rings is 1. The average molecular weight is 554 g/mol. The number of fused-ring (bicyclic) bond motifs is 1. The first-order valence-corrected chi connectivity index (χ1v) is 13.8. The largest absolute Gasteiger partial charge is 0.355 e. The van der Waals surface area contributed by atoms with Gasteiger partial charge in [0.2, 0.25) is 5.91 Å². The SMILES string of the molecule is C=CC(=O)N1CCN(c2nc(=O)n(-c3c(C)cccc3CC)c3nc(-c4ccccc4C=C)c(Cl)cc23)[C@@H](C)C1. The second kappa shape index (κ2) is 11.1. The van der Waals surface area contributed by atoms with Crippen LogP contribution in [0.2, 0.25) is 5.02 Å². The number of benzene rings is 2. The van der Waals surface area contributed by atoms with Crippen LogP contribution < -0.4 is 10.6 Å². The van der Waals surface area contributed by atoms with Crippen molar-refractivity contribution in [2.24, 2.45) is 0 Å². The van der Waals surface area contributed by atoms with Crippen LogP contribution in [-0.2, 0) is 11.2 Å². The number of rotatable bonds is 6. The smallest absolute Gasteiger partial charge is 0.350 e. The molecule has 1 fully saturated rings. The Balaban J connectivity index is 1.81. The van der Waals surface area contributed by atoms with E-state index in [1.54, 1.807) is 15.5 Å². The number of para-hydroxylation sites is 1. The molecule has 5 rings (SSSR count). The second-order valence-corrected chi connectivity index (χ2v) is 10.4. The number of hydrogen-bond acceptors (Lipinski definition) is 5. The van der Waals surface area contributed by atoms with Gasteiger partial charge < -0.3 is 9.80 Å². The Hall–Kier alpha value is -4.23. The van der Waals surface area contributed by atoms with Crippen LogP contribution in [0.5, 0.6) is 0 Å². The molecule has 0 unspecified atom stereocenters. The molecule has 1 aliphatic rings. The molecule has 0 saturated carbocycles. The van der Waals surface area contributed by atoms with Gasteiger partial charge in [0.05, 0.1) is 21.8 Å². The summed E-state index contributed by atoms with van der Waals surface area (Å²) >= 11 is 6.93. The number of amides is 1. The molecule has 0 spiro atoms. The first-order chi connectivity index (χ1) is 19.3. The van der Waals surface area contributed by atoms with Gasteiger partial charge in [-0.1, -0.05) is 80.2 Å². The molecule has 0 radical (unpaired) electrons. The van der Waals surface area contributed by atoms with Crippen molar-refractivity contribution < 1.29 is 4.79 Å². The van der Waals surface area contributed by atoms with Crippen LogP contribution in [0, 0.1) is 6.92 Å². The van der Waals surface area contributed by atoms with Crippen LogP contribution in [0.1, 0.15) is 30.5 Å². The molecule has 1 saturated heterocycles. The summed E-state index contributed by atoms with van der Waals surface area (Å²) in [7, 11) is 0. The van der Waals surface area contributed by atoms with E-state index in [9.17, 15) is 9.59 Å². The van der Waals surface area contributed by atoms with E-state index in [0.717, 1.165) is 34.4 Å². The number of halogens is 1. The third-order valence-corrected chi connectivity index (χ3v) is 7.84. The Kier molecular flexibility index (Phi) is 7.59. The van der Waals surface area contributed by atoms with Crippen LogP contribution in [-0.4, -0.2) is 51.0 Å². The Labute approximate surface area is 239 Å². The Morgan fingerprint density at radius 2 is 1.90 bits per heavy atom. The highest BCUT2D eigenvalue weighted by Gasteiger charge is 2.30. The van der Waals surface area contributed by atoms with Gasteiger partial charge in [-0.25, -0.2) is 14.3 Å². The number of pyridine rings is 1. The lowest BCUT2D eigenvalue weighted by atomic mass is 10.0. The molecule has 2 aromatic carbocycles. The topological polar surface area (TPSA) is 71.3 Å². The van der Waals surface area contributed by atoms with E-state index in [4.69, 9.17) is 16.6 Å². The summed E-state index contributed by atoms with van der Waals surface area (Å²) in [6.07, 6.45) is 3.84. The molecule has 0 N–H and O–H groups in total. The standard InChI is InChI=1S/C32H32ClN5O2/c1-6-22-13-9-10-15-24(22)28-26(33)18-25-30(37-17-16-36(19-21(37)5)27(39)8-3)35-32(40)38(31(25)34-28)29-20(4)12-11-14-23(29)7-2/h6,8-15,18,21H,1,3,7,16-17,19H2,2,4-5H3/t21-/m0/s1. The van der Waals surface area contributed by atoms with Crippen LogP contribution >= 0.6 is 11.6 Å². The van der Waals surface area contributed by atoms with Gasteiger partial charge in [0.15, 0.2) is 5.65 Å². The van der Waals surface area contributed by atoms with E-state index >= 15 is 0 Å². The molecular formula is C32H32ClN5O2. The number of hydrogen-bond donors (Lipinski definition) is 0. The lowest BCUT2D eigenvalue weighted by Crippen LogP contribution is -2.54. The number of nitrogens with zero attached hydrogens (tertiary/aromatic N) is 5. The quantitative estimate of drug-likeness (QED) is 0.281. The molecule has 0 aliphatic carbocycles. The second-order valence-electron chi connectivity index (χ2n) is 10.0. The molecule has 7 nitrogen and oxygen atoms in total. The highest BCUT2D eigenvalue weighted by Crippen LogP contribution is 2.36. The minimum absolute atomic E-state index is 0.0896. The van der Waals surface area contributed by atoms with Gasteiger partial charge >= 0.3 is 5.69 Å². The first-order valence-electron chi connectivity index (χ1n) is 13.4. The molecule has 3 heterocycles. The molecule has 40 heavy (non-hydrogen) atoms. The molecule has 8 heteroatoms. The summed E-state index contributed by atoms with van der Waals surface area (Å²) in [5, 5.41) is 1.12. The van der Waals surface area contributed by atoms with Crippen molar-refractivity contribution in [1.29, 1.82) is 0 Å². The average Bonchev–Trinajstić information content (AvgIpc) is 2.96. The molecule has 1 amide bonds. The zero-order chi connectivity index (χ0) is 28.6. The fourth-order valence-corrected chi connectivity index (χ4v) is 5.79. The third-order valence-electron chi connectivity index (χ3n) is 7.55. The van der Waals surface area contributed by atoms with Crippen molar-refractivity contribution in [2.45, 2.75) is 33.2 Å². The van der Waals surface area contributed by atoms with E-state index in [-0.39, 0.29) is 11.9 Å². The summed E-state index contributed by atoms with van der Waals surface area (Å²) < 4.78 is 1.62. The van der Waals surface area contributed by atoms with Crippen molar-refractivity contribution in [2.75, 3.05) is 24.5 Å². The Morgan fingerprint density at radius 3 is 2.60 bits per heavy atom. The number of carbonyl (C=O) groups is 1. The summed E-state index contributed by atoms with van der Waals surface area (Å²) in [6, 6.07) is 15.5. The Morgan fingerprint density at radius 1 is 1.12 bits per heavy atom. The summed E-state index contributed by atoms with van der Waals surface area (Å²) in [5.41, 5.74) is 5.10. The van der Waals surface area contributed by atoms with Crippen molar-refractivity contribution in [1.82, 2.24) is 19.4 Å². The molecule has 1 aliphatic heterocycles. The number of aromatic nitrogens is 3. The first kappa shape index (κ1) is 27.3. The van der Waals surface area contributed by atoms with E-state index in [0.29, 0.717) is 47.2 Å². The van der Waals surface area contributed by atoms with Crippen LogP contribution in [0.3, 0.4) is 0 Å². The normalized spacial score (nSPS) is 15.3. The Bertz CT molecular complexity index is 1710. The van der Waals surface area contributed by atoms with Gasteiger partial charge in [-0.15, -0.1) is 0 Å². The highest BCUT2D eigenvalue weighted by molar-refractivity contribution is 6.34. The molecule has 204 valence electrons. The molecule has 2 aromatic heterocycles. The van der Waals surface area contributed by atoms with Gasteiger partial charge in [0.1, 0.15) is 5.82 Å². The van der Waals surface area contributed by atoms with E-state index in [1.165, 1.54) is 6.08 Å². The van der Waals surface area contributed by atoms with Crippen LogP contribution in [0.4, 0.5) is 5.82 Å². The van der Waals surface area contributed by atoms with E-state index in [2.05, 4.69) is 30.0 Å². The molecular weight excluding hydrogens is 522 g/mol. The van der Waals surface area contributed by atoms with Crippen molar-refractivity contribution in [3.63, 3.8) is 0 Å². The zero-order valence-corrected chi connectivity index (χ0v) is 23.8. The predicted octanol–water partition coefficient (Wildman–Crippen LogP) is 5.84. The minimum Gasteiger partial charge on any atom is -0.350 e. The number of aryl methyl sites for hydroxylation is 2. The minimum atomic E-state index is -0.416. The van der Waals surface area contributed by atoms with Crippen LogP contribution in [0.25, 0.3) is 34.1 Å². The third kappa shape index (κ3) is 4.71. The van der Waals surface area contributed by atoms with Gasteiger partial charge in [-0.05, 0) is 49.1 Å². The maximum Gasteiger partial charge on any atom is 0.355 e. The van der Waals surface area contributed by atoms with Gasteiger partial charge in [-0.2, -0.15) is 4.98 Å². The summed E-state index contributed by atoms with van der Waals surface area (Å²) in [6.45, 7) is 15.1. The summed E-state index contributed by atoms with van der Waals surface area (Å²) in [5.74, 6) is 0.403. The van der Waals surface area contributed by atoms with Crippen molar-refractivity contribution in [3.8, 4) is 16.9 Å². The van der Waals surface area contributed by atoms with Gasteiger partial charge in [0, 0.05) is 31.2 Å². The molecule has 0 bridgehead atoms. The van der Waals surface area contributed by atoms with Crippen LogP contribution in [0.15, 0.2) is 72.6 Å². The van der Waals surface area contributed by atoms with Crippen molar-refractivity contribution in [3.05, 3.63) is 100.0 Å². The van der Waals surface area contributed by atoms with E-state index < -0.39 is 5.69 Å². The summed E-state index contributed by atoms with van der Waals surface area (Å²) in [4.78, 5) is 39.8. The zero-order valence-electron chi connectivity index (χ0n) is 23.0. The lowest BCUT2D eigenvalue weighted by Gasteiger charge is -2.40. The molecule has 1 atom stereocenters. The monoisotopic (exact) mass is 553 g/mol. The fourth-order valence-electron chi connectivity index (χ4n) is 5.53.